The molecule has 1 fully saturated rings. The van der Waals surface area contributed by atoms with E-state index in [1.165, 1.54) is 38.2 Å². The summed E-state index contributed by atoms with van der Waals surface area (Å²) in [6.07, 6.45) is 6.25. The summed E-state index contributed by atoms with van der Waals surface area (Å²) in [5.74, 6) is 0.362. The summed E-state index contributed by atoms with van der Waals surface area (Å²) >= 11 is 0. The lowest BCUT2D eigenvalue weighted by molar-refractivity contribution is 0.307. The molecule has 2 N–H and O–H groups in total. The van der Waals surface area contributed by atoms with E-state index in [2.05, 4.69) is 0 Å². The molecule has 0 aromatic heterocycles. The SMILES string of the molecule is Cc1ccc(F)cc1[C@H](N)C1CCCCC1. The van der Waals surface area contributed by atoms with E-state index in [-0.39, 0.29) is 11.9 Å². The first kappa shape index (κ1) is 11.6. The molecule has 0 amide bonds. The molecule has 0 saturated heterocycles. The lowest BCUT2D eigenvalue weighted by atomic mass is 9.80. The standard InChI is InChI=1S/C14H20FN/c1-10-7-8-12(15)9-13(10)14(16)11-5-3-2-4-6-11/h7-9,11,14H,2-6,16H2,1H3/t14-/m1/s1. The molecule has 1 atom stereocenters. The van der Waals surface area contributed by atoms with E-state index in [0.29, 0.717) is 5.92 Å². The topological polar surface area (TPSA) is 26.0 Å². The zero-order valence-electron chi connectivity index (χ0n) is 9.88. The molecule has 1 saturated carbocycles. The average molecular weight is 221 g/mol. The molecule has 0 unspecified atom stereocenters. The van der Waals surface area contributed by atoms with Crippen molar-refractivity contribution in [2.45, 2.75) is 45.1 Å². The van der Waals surface area contributed by atoms with Crippen molar-refractivity contribution in [3.8, 4) is 0 Å². The van der Waals surface area contributed by atoms with Gasteiger partial charge in [0.15, 0.2) is 0 Å². The third kappa shape index (κ3) is 2.43. The average Bonchev–Trinajstić information content (AvgIpc) is 2.32. The maximum atomic E-state index is 13.2. The van der Waals surface area contributed by atoms with E-state index in [1.54, 1.807) is 6.07 Å². The van der Waals surface area contributed by atoms with Crippen LogP contribution < -0.4 is 5.73 Å². The second-order valence-corrected chi connectivity index (χ2v) is 4.92. The smallest absolute Gasteiger partial charge is 0.123 e. The molecule has 88 valence electrons. The highest BCUT2D eigenvalue weighted by Crippen LogP contribution is 2.34. The molecule has 2 rings (SSSR count). The van der Waals surface area contributed by atoms with Crippen LogP contribution in [0.5, 0.6) is 0 Å². The van der Waals surface area contributed by atoms with Crippen LogP contribution in [0, 0.1) is 18.7 Å². The maximum Gasteiger partial charge on any atom is 0.123 e. The van der Waals surface area contributed by atoms with Crippen LogP contribution in [0.4, 0.5) is 4.39 Å². The van der Waals surface area contributed by atoms with E-state index in [0.717, 1.165) is 11.1 Å². The van der Waals surface area contributed by atoms with Gasteiger partial charge in [-0.25, -0.2) is 4.39 Å². The van der Waals surface area contributed by atoms with Gasteiger partial charge >= 0.3 is 0 Å². The Morgan fingerprint density at radius 3 is 2.62 bits per heavy atom. The van der Waals surface area contributed by atoms with Crippen LogP contribution in [0.2, 0.25) is 0 Å². The van der Waals surface area contributed by atoms with Crippen LogP contribution >= 0.6 is 0 Å². The molecule has 1 aliphatic carbocycles. The van der Waals surface area contributed by atoms with Crippen molar-refractivity contribution in [2.75, 3.05) is 0 Å². The third-order valence-corrected chi connectivity index (χ3v) is 3.76. The van der Waals surface area contributed by atoms with Crippen LogP contribution in [0.3, 0.4) is 0 Å². The molecule has 0 spiro atoms. The normalized spacial score (nSPS) is 19.7. The van der Waals surface area contributed by atoms with Gasteiger partial charge in [-0.2, -0.15) is 0 Å². The van der Waals surface area contributed by atoms with Crippen molar-refractivity contribution in [3.63, 3.8) is 0 Å². The van der Waals surface area contributed by atoms with E-state index in [1.807, 2.05) is 13.0 Å². The van der Waals surface area contributed by atoms with Crippen LogP contribution in [0.1, 0.15) is 49.3 Å². The predicted molar refractivity (Wildman–Crippen MR) is 64.6 cm³/mol. The van der Waals surface area contributed by atoms with Gasteiger partial charge in [-0.3, -0.25) is 0 Å². The van der Waals surface area contributed by atoms with E-state index < -0.39 is 0 Å². The van der Waals surface area contributed by atoms with Crippen molar-refractivity contribution in [3.05, 3.63) is 35.1 Å². The minimum Gasteiger partial charge on any atom is -0.324 e. The van der Waals surface area contributed by atoms with E-state index in [9.17, 15) is 4.39 Å². The van der Waals surface area contributed by atoms with Crippen LogP contribution in [-0.4, -0.2) is 0 Å². The lowest BCUT2D eigenvalue weighted by Gasteiger charge is -2.28. The van der Waals surface area contributed by atoms with Gasteiger partial charge in [0.2, 0.25) is 0 Å². The molecule has 1 aromatic rings. The molecule has 2 heteroatoms. The quantitative estimate of drug-likeness (QED) is 0.809. The first-order valence-electron chi connectivity index (χ1n) is 6.20. The van der Waals surface area contributed by atoms with Gasteiger partial charge < -0.3 is 5.73 Å². The van der Waals surface area contributed by atoms with Gasteiger partial charge in [0.25, 0.3) is 0 Å². The lowest BCUT2D eigenvalue weighted by Crippen LogP contribution is -2.24. The minimum atomic E-state index is -0.174. The predicted octanol–water partition coefficient (Wildman–Crippen LogP) is 3.71. The molecule has 0 heterocycles. The Morgan fingerprint density at radius 1 is 1.25 bits per heavy atom. The van der Waals surface area contributed by atoms with Gasteiger partial charge in [0, 0.05) is 6.04 Å². The molecule has 0 radical (unpaired) electrons. The highest BCUT2D eigenvalue weighted by molar-refractivity contribution is 5.29. The molecule has 0 aliphatic heterocycles. The highest BCUT2D eigenvalue weighted by atomic mass is 19.1. The Bertz CT molecular complexity index is 356. The van der Waals surface area contributed by atoms with E-state index in [4.69, 9.17) is 5.73 Å². The molecule has 0 bridgehead atoms. The van der Waals surface area contributed by atoms with Gasteiger partial charge in [0.05, 0.1) is 0 Å². The number of hydrogen-bond acceptors (Lipinski definition) is 1. The fourth-order valence-corrected chi connectivity index (χ4v) is 2.72. The molecular weight excluding hydrogens is 201 g/mol. The maximum absolute atomic E-state index is 13.2. The zero-order chi connectivity index (χ0) is 11.5. The Kier molecular flexibility index (Phi) is 3.59. The number of rotatable bonds is 2. The van der Waals surface area contributed by atoms with Crippen LogP contribution in [0.15, 0.2) is 18.2 Å². The van der Waals surface area contributed by atoms with Crippen molar-refractivity contribution in [1.82, 2.24) is 0 Å². The summed E-state index contributed by atoms with van der Waals surface area (Å²) in [4.78, 5) is 0. The number of aryl methyl sites for hydroxylation is 1. The Hall–Kier alpha value is -0.890. The van der Waals surface area contributed by atoms with Crippen molar-refractivity contribution in [2.24, 2.45) is 11.7 Å². The molecule has 1 aliphatic rings. The van der Waals surface area contributed by atoms with Gasteiger partial charge in [0.1, 0.15) is 5.82 Å². The molecule has 16 heavy (non-hydrogen) atoms. The minimum absolute atomic E-state index is 0.0102. The Morgan fingerprint density at radius 2 is 1.94 bits per heavy atom. The monoisotopic (exact) mass is 221 g/mol. The number of nitrogens with two attached hydrogens (primary N) is 1. The van der Waals surface area contributed by atoms with Gasteiger partial charge in [-0.05, 0) is 48.9 Å². The van der Waals surface area contributed by atoms with Crippen molar-refractivity contribution >= 4 is 0 Å². The Labute approximate surface area is 96.9 Å². The van der Waals surface area contributed by atoms with Crippen LogP contribution in [0.25, 0.3) is 0 Å². The van der Waals surface area contributed by atoms with Gasteiger partial charge in [-0.1, -0.05) is 25.3 Å². The second kappa shape index (κ2) is 4.96. The van der Waals surface area contributed by atoms with Crippen molar-refractivity contribution < 1.29 is 4.39 Å². The highest BCUT2D eigenvalue weighted by Gasteiger charge is 2.23. The summed E-state index contributed by atoms with van der Waals surface area (Å²) in [6, 6.07) is 4.95. The van der Waals surface area contributed by atoms with Crippen LogP contribution in [-0.2, 0) is 0 Å². The molecule has 1 aromatic carbocycles. The third-order valence-electron chi connectivity index (χ3n) is 3.76. The number of halogens is 1. The van der Waals surface area contributed by atoms with Gasteiger partial charge in [-0.15, -0.1) is 0 Å². The van der Waals surface area contributed by atoms with Crippen molar-refractivity contribution in [1.29, 1.82) is 0 Å². The summed E-state index contributed by atoms with van der Waals surface area (Å²) in [5, 5.41) is 0. The fraction of sp³-hybridized carbons (Fsp3) is 0.571. The summed E-state index contributed by atoms with van der Waals surface area (Å²) in [5.41, 5.74) is 8.38. The Balaban J connectivity index is 2.18. The number of hydrogen-bond donors (Lipinski definition) is 1. The summed E-state index contributed by atoms with van der Waals surface area (Å²) < 4.78 is 13.2. The number of benzene rings is 1. The second-order valence-electron chi connectivity index (χ2n) is 4.92. The summed E-state index contributed by atoms with van der Waals surface area (Å²) in [7, 11) is 0. The first-order chi connectivity index (χ1) is 7.68. The first-order valence-corrected chi connectivity index (χ1v) is 6.20. The summed E-state index contributed by atoms with van der Waals surface area (Å²) in [6.45, 7) is 2.01. The molecule has 1 nitrogen and oxygen atoms in total. The molecular formula is C14H20FN. The van der Waals surface area contributed by atoms with E-state index >= 15 is 0 Å². The largest absolute Gasteiger partial charge is 0.324 e. The fourth-order valence-electron chi connectivity index (χ4n) is 2.72. The zero-order valence-corrected chi connectivity index (χ0v) is 9.88.